The molecule has 0 bridgehead atoms. The highest BCUT2D eigenvalue weighted by molar-refractivity contribution is 7.92. The summed E-state index contributed by atoms with van der Waals surface area (Å²) in [4.78, 5) is 28.4. The fraction of sp³-hybridized carbons (Fsp3) is 0.481. The molecule has 2 amide bonds. The second-order valence-corrected chi connectivity index (χ2v) is 12.1. The molecule has 0 heterocycles. The largest absolute Gasteiger partial charge is 0.354 e. The molecule has 0 aliphatic rings. The lowest BCUT2D eigenvalue weighted by molar-refractivity contribution is -0.140. The molecule has 7 nitrogen and oxygen atoms in total. The molecule has 2 aromatic carbocycles. The van der Waals surface area contributed by atoms with E-state index in [9.17, 15) is 18.0 Å². The Morgan fingerprint density at radius 3 is 2.30 bits per heavy atom. The Balaban J connectivity index is 2.50. The lowest BCUT2D eigenvalue weighted by Crippen LogP contribution is -2.52. The van der Waals surface area contributed by atoms with Crippen LogP contribution in [0, 0.1) is 0 Å². The normalized spacial score (nSPS) is 12.3. The fourth-order valence-electron chi connectivity index (χ4n) is 4.06. The molecular weight excluding hydrogens is 533 g/mol. The van der Waals surface area contributed by atoms with Gasteiger partial charge in [-0.3, -0.25) is 13.9 Å². The average molecular weight is 571 g/mol. The Hall–Kier alpha value is -2.29. The Kier molecular flexibility index (Phi) is 11.7. The van der Waals surface area contributed by atoms with Crippen LogP contribution < -0.4 is 9.62 Å². The van der Waals surface area contributed by atoms with Crippen molar-refractivity contribution in [2.45, 2.75) is 65.5 Å². The summed E-state index contributed by atoms with van der Waals surface area (Å²) in [5.41, 5.74) is 1.85. The van der Waals surface area contributed by atoms with E-state index in [0.29, 0.717) is 34.3 Å². The molecule has 0 spiro atoms. The first-order valence-corrected chi connectivity index (χ1v) is 15.1. The zero-order valence-electron chi connectivity index (χ0n) is 22.1. The van der Waals surface area contributed by atoms with E-state index in [-0.39, 0.29) is 18.4 Å². The van der Waals surface area contributed by atoms with Crippen LogP contribution in [0.5, 0.6) is 0 Å². The Labute approximate surface area is 231 Å². The molecular formula is C27H37Cl2N3O4S. The molecule has 0 aliphatic carbocycles. The summed E-state index contributed by atoms with van der Waals surface area (Å²) < 4.78 is 26.9. The zero-order chi connectivity index (χ0) is 27.8. The Bertz CT molecular complexity index is 1190. The van der Waals surface area contributed by atoms with Gasteiger partial charge in [0.05, 0.1) is 11.9 Å². The van der Waals surface area contributed by atoms with Crippen molar-refractivity contribution in [1.29, 1.82) is 0 Å². The van der Waals surface area contributed by atoms with E-state index in [0.717, 1.165) is 29.0 Å². The van der Waals surface area contributed by atoms with Crippen molar-refractivity contribution < 1.29 is 18.0 Å². The van der Waals surface area contributed by atoms with E-state index >= 15 is 0 Å². The quantitative estimate of drug-likeness (QED) is 0.318. The third-order valence-electron chi connectivity index (χ3n) is 6.08. The minimum absolute atomic E-state index is 0.0258. The van der Waals surface area contributed by atoms with Crippen molar-refractivity contribution in [1.82, 2.24) is 10.2 Å². The third kappa shape index (κ3) is 8.62. The summed E-state index contributed by atoms with van der Waals surface area (Å²) in [5.74, 6) is -0.761. The van der Waals surface area contributed by atoms with E-state index < -0.39 is 28.5 Å². The third-order valence-corrected chi connectivity index (χ3v) is 7.79. The van der Waals surface area contributed by atoms with Crippen LogP contribution in [0.25, 0.3) is 0 Å². The van der Waals surface area contributed by atoms with Crippen molar-refractivity contribution in [2.24, 2.45) is 0 Å². The van der Waals surface area contributed by atoms with Crippen LogP contribution in [-0.2, 0) is 26.2 Å². The van der Waals surface area contributed by atoms with E-state index in [1.807, 2.05) is 39.8 Å². The van der Waals surface area contributed by atoms with Gasteiger partial charge < -0.3 is 10.2 Å². The number of anilines is 1. The number of benzene rings is 2. The first-order valence-electron chi connectivity index (χ1n) is 12.5. The number of para-hydroxylation sites is 1. The molecule has 0 saturated heterocycles. The first kappa shape index (κ1) is 30.9. The zero-order valence-corrected chi connectivity index (χ0v) is 24.5. The predicted octanol–water partition coefficient (Wildman–Crippen LogP) is 5.61. The van der Waals surface area contributed by atoms with Gasteiger partial charge in [0.15, 0.2) is 0 Å². The molecule has 204 valence electrons. The smallest absolute Gasteiger partial charge is 0.244 e. The molecule has 1 atom stereocenters. The molecule has 0 radical (unpaired) electrons. The van der Waals surface area contributed by atoms with E-state index in [1.165, 1.54) is 4.90 Å². The lowest BCUT2D eigenvalue weighted by atomic mass is 10.0. The number of carbonyl (C=O) groups excluding carboxylic acids is 2. The van der Waals surface area contributed by atoms with Crippen molar-refractivity contribution in [3.8, 4) is 0 Å². The fourth-order valence-corrected chi connectivity index (χ4v) is 5.39. The van der Waals surface area contributed by atoms with Gasteiger partial charge in [0.2, 0.25) is 21.8 Å². The van der Waals surface area contributed by atoms with Gasteiger partial charge in [-0.25, -0.2) is 8.42 Å². The predicted molar refractivity (Wildman–Crippen MR) is 152 cm³/mol. The lowest BCUT2D eigenvalue weighted by Gasteiger charge is -2.33. The van der Waals surface area contributed by atoms with Gasteiger partial charge in [-0.15, -0.1) is 0 Å². The number of unbranched alkanes of at least 4 members (excludes halogenated alkanes) is 1. The van der Waals surface area contributed by atoms with Gasteiger partial charge in [0, 0.05) is 23.1 Å². The SMILES string of the molecule is CCCCNC(=O)C(CC)N(Cc1ccc(Cl)cc1Cl)C(=O)CN(c1ccccc1C(C)C)S(C)(=O)=O. The Morgan fingerprint density at radius 2 is 1.73 bits per heavy atom. The molecule has 1 N–H and O–H groups in total. The van der Waals surface area contributed by atoms with Gasteiger partial charge in [0.1, 0.15) is 12.6 Å². The average Bonchev–Trinajstić information content (AvgIpc) is 2.83. The summed E-state index contributed by atoms with van der Waals surface area (Å²) in [5, 5.41) is 3.71. The Morgan fingerprint density at radius 1 is 1.05 bits per heavy atom. The van der Waals surface area contributed by atoms with Crippen LogP contribution in [0.15, 0.2) is 42.5 Å². The first-order chi connectivity index (χ1) is 17.4. The van der Waals surface area contributed by atoms with Crippen molar-refractivity contribution in [2.75, 3.05) is 23.7 Å². The number of hydrogen-bond acceptors (Lipinski definition) is 4. The maximum atomic E-state index is 13.8. The van der Waals surface area contributed by atoms with Crippen molar-refractivity contribution in [3.05, 3.63) is 63.6 Å². The van der Waals surface area contributed by atoms with Gasteiger partial charge in [-0.05, 0) is 48.1 Å². The molecule has 0 saturated carbocycles. The second kappa shape index (κ2) is 14.0. The molecule has 2 rings (SSSR count). The van der Waals surface area contributed by atoms with Gasteiger partial charge in [-0.1, -0.05) is 81.6 Å². The van der Waals surface area contributed by atoms with E-state index in [1.54, 1.807) is 30.3 Å². The highest BCUT2D eigenvalue weighted by Crippen LogP contribution is 2.30. The number of halogens is 2. The maximum absolute atomic E-state index is 13.8. The summed E-state index contributed by atoms with van der Waals surface area (Å²) in [6, 6.07) is 11.3. The van der Waals surface area contributed by atoms with Gasteiger partial charge in [-0.2, -0.15) is 0 Å². The van der Waals surface area contributed by atoms with Crippen LogP contribution >= 0.6 is 23.2 Å². The van der Waals surface area contributed by atoms with Gasteiger partial charge >= 0.3 is 0 Å². The highest BCUT2D eigenvalue weighted by Gasteiger charge is 2.32. The van der Waals surface area contributed by atoms with Crippen molar-refractivity contribution >= 4 is 50.7 Å². The van der Waals surface area contributed by atoms with Crippen LogP contribution in [-0.4, -0.2) is 50.5 Å². The number of sulfonamides is 1. The number of carbonyl (C=O) groups is 2. The minimum Gasteiger partial charge on any atom is -0.354 e. The topological polar surface area (TPSA) is 86.8 Å². The molecule has 0 fully saturated rings. The number of hydrogen-bond donors (Lipinski definition) is 1. The molecule has 0 aromatic heterocycles. The summed E-state index contributed by atoms with van der Waals surface area (Å²) in [6.45, 7) is 7.83. The molecule has 37 heavy (non-hydrogen) atoms. The second-order valence-electron chi connectivity index (χ2n) is 9.31. The summed E-state index contributed by atoms with van der Waals surface area (Å²) >= 11 is 12.5. The summed E-state index contributed by atoms with van der Waals surface area (Å²) in [6.07, 6.45) is 3.15. The van der Waals surface area contributed by atoms with Crippen LogP contribution in [0.2, 0.25) is 10.0 Å². The number of amides is 2. The van der Waals surface area contributed by atoms with E-state index in [4.69, 9.17) is 23.2 Å². The van der Waals surface area contributed by atoms with Crippen molar-refractivity contribution in [3.63, 3.8) is 0 Å². The minimum atomic E-state index is -3.82. The van der Waals surface area contributed by atoms with Crippen LogP contribution in [0.4, 0.5) is 5.69 Å². The number of nitrogens with one attached hydrogen (secondary N) is 1. The standard InChI is InChI=1S/C27H37Cl2N3O4S/c1-6-8-15-30-27(34)24(7-2)31(17-20-13-14-21(28)16-23(20)29)26(33)18-32(37(5,35)36)25-12-10-9-11-22(25)19(3)4/h9-14,16,19,24H,6-8,15,17-18H2,1-5H3,(H,30,34). The number of nitrogens with zero attached hydrogens (tertiary/aromatic N) is 2. The number of rotatable bonds is 13. The maximum Gasteiger partial charge on any atom is 0.244 e. The molecule has 0 aliphatic heterocycles. The molecule has 10 heteroatoms. The molecule has 1 unspecified atom stereocenters. The van der Waals surface area contributed by atoms with E-state index in [2.05, 4.69) is 5.32 Å². The molecule has 2 aromatic rings. The highest BCUT2D eigenvalue weighted by atomic mass is 35.5. The summed E-state index contributed by atoms with van der Waals surface area (Å²) in [7, 11) is -3.82. The van der Waals surface area contributed by atoms with Crippen LogP contribution in [0.1, 0.15) is 64.0 Å². The monoisotopic (exact) mass is 569 g/mol. The van der Waals surface area contributed by atoms with Gasteiger partial charge in [0.25, 0.3) is 0 Å². The van der Waals surface area contributed by atoms with Crippen LogP contribution in [0.3, 0.4) is 0 Å².